The molecule has 3 rings (SSSR count). The minimum absolute atomic E-state index is 0.263. The lowest BCUT2D eigenvalue weighted by molar-refractivity contribution is -0.119. The molecule has 1 heterocycles. The summed E-state index contributed by atoms with van der Waals surface area (Å²) in [6.07, 6.45) is 3.93. The molecule has 6 nitrogen and oxygen atoms in total. The number of thiophene rings is 1. The zero-order chi connectivity index (χ0) is 20.1. The zero-order valence-electron chi connectivity index (χ0n) is 15.7. The Kier molecular flexibility index (Phi) is 6.74. The number of esters is 2. The minimum atomic E-state index is -0.560. The SMILES string of the molecule is CCOC(=O)c1c(C2CC2)csc1NC(=O)COC(=O)c1ccccc1SC. The molecule has 0 saturated heterocycles. The Morgan fingerprint density at radius 2 is 1.93 bits per heavy atom. The third-order valence-electron chi connectivity index (χ3n) is 4.23. The van der Waals surface area contributed by atoms with E-state index in [9.17, 15) is 14.4 Å². The molecule has 148 valence electrons. The van der Waals surface area contributed by atoms with Crippen LogP contribution in [-0.4, -0.2) is 37.3 Å². The molecule has 0 atom stereocenters. The molecule has 8 heteroatoms. The van der Waals surface area contributed by atoms with Crippen LogP contribution in [0.15, 0.2) is 34.5 Å². The number of benzene rings is 1. The van der Waals surface area contributed by atoms with Gasteiger partial charge >= 0.3 is 11.9 Å². The summed E-state index contributed by atoms with van der Waals surface area (Å²) < 4.78 is 10.3. The van der Waals surface area contributed by atoms with Gasteiger partial charge in [0.05, 0.1) is 17.7 Å². The molecule has 1 saturated carbocycles. The lowest BCUT2D eigenvalue weighted by Gasteiger charge is -2.10. The monoisotopic (exact) mass is 419 g/mol. The third kappa shape index (κ3) is 4.74. The van der Waals surface area contributed by atoms with Crippen molar-refractivity contribution in [1.82, 2.24) is 0 Å². The van der Waals surface area contributed by atoms with Crippen LogP contribution in [0.2, 0.25) is 0 Å². The van der Waals surface area contributed by atoms with Crippen LogP contribution in [-0.2, 0) is 14.3 Å². The second-order valence-electron chi connectivity index (χ2n) is 6.21. The molecule has 28 heavy (non-hydrogen) atoms. The highest BCUT2D eigenvalue weighted by Gasteiger charge is 2.32. The second kappa shape index (κ2) is 9.25. The Balaban J connectivity index is 1.65. The number of hydrogen-bond acceptors (Lipinski definition) is 7. The molecular weight excluding hydrogens is 398 g/mol. The molecule has 0 radical (unpaired) electrons. The standard InChI is InChI=1S/C20H21NO5S2/c1-3-25-20(24)17-14(12-8-9-12)11-28-18(17)21-16(22)10-26-19(23)13-6-4-5-7-15(13)27-2/h4-7,11-12H,3,8-10H2,1-2H3,(H,21,22). The molecule has 1 aliphatic carbocycles. The fourth-order valence-electron chi connectivity index (χ4n) is 2.76. The molecule has 1 aromatic carbocycles. The van der Waals surface area contributed by atoms with Gasteiger partial charge in [-0.15, -0.1) is 23.1 Å². The van der Waals surface area contributed by atoms with E-state index in [1.54, 1.807) is 19.1 Å². The van der Waals surface area contributed by atoms with Crippen LogP contribution in [0.4, 0.5) is 5.00 Å². The first-order chi connectivity index (χ1) is 13.5. The highest BCUT2D eigenvalue weighted by molar-refractivity contribution is 7.98. The summed E-state index contributed by atoms with van der Waals surface area (Å²) in [5.41, 5.74) is 1.76. The van der Waals surface area contributed by atoms with Crippen molar-refractivity contribution in [2.24, 2.45) is 0 Å². The van der Waals surface area contributed by atoms with Gasteiger partial charge in [0.15, 0.2) is 6.61 Å². The molecular formula is C20H21NO5S2. The van der Waals surface area contributed by atoms with Crippen LogP contribution >= 0.6 is 23.1 Å². The molecule has 0 aliphatic heterocycles. The third-order valence-corrected chi connectivity index (χ3v) is 5.94. The summed E-state index contributed by atoms with van der Waals surface area (Å²) in [6, 6.07) is 7.05. The number of rotatable bonds is 8. The largest absolute Gasteiger partial charge is 0.462 e. The van der Waals surface area contributed by atoms with Crippen LogP contribution in [0.5, 0.6) is 0 Å². The Bertz CT molecular complexity index is 888. The van der Waals surface area contributed by atoms with Crippen LogP contribution < -0.4 is 5.32 Å². The minimum Gasteiger partial charge on any atom is -0.462 e. The van der Waals surface area contributed by atoms with E-state index in [4.69, 9.17) is 9.47 Å². The van der Waals surface area contributed by atoms with Crippen molar-refractivity contribution in [3.05, 3.63) is 46.3 Å². The van der Waals surface area contributed by atoms with Gasteiger partial charge in [0.2, 0.25) is 0 Å². The lowest BCUT2D eigenvalue weighted by Crippen LogP contribution is -2.22. The van der Waals surface area contributed by atoms with Crippen molar-refractivity contribution < 1.29 is 23.9 Å². The smallest absolute Gasteiger partial charge is 0.341 e. The number of carbonyl (C=O) groups is 3. The Morgan fingerprint density at radius 1 is 1.18 bits per heavy atom. The molecule has 0 unspecified atom stereocenters. The van der Waals surface area contributed by atoms with E-state index in [1.807, 2.05) is 23.8 Å². The van der Waals surface area contributed by atoms with Crippen LogP contribution in [0, 0.1) is 0 Å². The first-order valence-electron chi connectivity index (χ1n) is 8.93. The van der Waals surface area contributed by atoms with E-state index in [-0.39, 0.29) is 6.61 Å². The maximum Gasteiger partial charge on any atom is 0.341 e. The number of carbonyl (C=O) groups excluding carboxylic acids is 3. The van der Waals surface area contributed by atoms with Crippen LogP contribution in [0.3, 0.4) is 0 Å². The number of amides is 1. The maximum atomic E-state index is 12.3. The van der Waals surface area contributed by atoms with Gasteiger partial charge in [0.25, 0.3) is 5.91 Å². The Hall–Kier alpha value is -2.32. The summed E-state index contributed by atoms with van der Waals surface area (Å²) in [5, 5.41) is 5.01. The fourth-order valence-corrected chi connectivity index (χ4v) is 4.39. The van der Waals surface area contributed by atoms with Gasteiger partial charge in [-0.2, -0.15) is 0 Å². The summed E-state index contributed by atoms with van der Waals surface area (Å²) >= 11 is 2.72. The van der Waals surface area contributed by atoms with E-state index in [2.05, 4.69) is 5.32 Å². The number of ether oxygens (including phenoxy) is 2. The van der Waals surface area contributed by atoms with Crippen molar-refractivity contribution in [3.8, 4) is 0 Å². The van der Waals surface area contributed by atoms with E-state index in [0.717, 1.165) is 23.3 Å². The summed E-state index contributed by atoms with van der Waals surface area (Å²) in [4.78, 5) is 37.7. The predicted octanol–water partition coefficient (Wildman–Crippen LogP) is 4.32. The zero-order valence-corrected chi connectivity index (χ0v) is 17.3. The highest BCUT2D eigenvalue weighted by Crippen LogP contribution is 2.46. The van der Waals surface area contributed by atoms with E-state index in [1.165, 1.54) is 23.1 Å². The number of anilines is 1. The first kappa shape index (κ1) is 20.4. The quantitative estimate of drug-likeness (QED) is 0.507. The van der Waals surface area contributed by atoms with Gasteiger partial charge < -0.3 is 14.8 Å². The van der Waals surface area contributed by atoms with Crippen molar-refractivity contribution in [1.29, 1.82) is 0 Å². The topological polar surface area (TPSA) is 81.7 Å². The lowest BCUT2D eigenvalue weighted by atomic mass is 10.1. The molecule has 2 aromatic rings. The molecule has 1 aromatic heterocycles. The van der Waals surface area contributed by atoms with Gasteiger partial charge in [-0.3, -0.25) is 4.79 Å². The van der Waals surface area contributed by atoms with Crippen molar-refractivity contribution in [2.45, 2.75) is 30.6 Å². The molecule has 1 aliphatic rings. The van der Waals surface area contributed by atoms with E-state index < -0.39 is 24.5 Å². The average molecular weight is 420 g/mol. The summed E-state index contributed by atoms with van der Waals surface area (Å²) in [6.45, 7) is 1.57. The van der Waals surface area contributed by atoms with Crippen LogP contribution in [0.1, 0.15) is 52.0 Å². The summed E-state index contributed by atoms with van der Waals surface area (Å²) in [5.74, 6) is -1.14. The number of hydrogen-bond donors (Lipinski definition) is 1. The van der Waals surface area contributed by atoms with Crippen molar-refractivity contribution in [3.63, 3.8) is 0 Å². The van der Waals surface area contributed by atoms with Gasteiger partial charge in [-0.25, -0.2) is 9.59 Å². The molecule has 0 spiro atoms. The molecule has 1 N–H and O–H groups in total. The molecule has 1 fully saturated rings. The van der Waals surface area contributed by atoms with E-state index in [0.29, 0.717) is 22.0 Å². The first-order valence-corrected chi connectivity index (χ1v) is 11.0. The average Bonchev–Trinajstić information content (AvgIpc) is 3.46. The normalized spacial score (nSPS) is 13.1. The number of thioether (sulfide) groups is 1. The van der Waals surface area contributed by atoms with Gasteiger partial charge in [-0.05, 0) is 55.0 Å². The summed E-state index contributed by atoms with van der Waals surface area (Å²) in [7, 11) is 0. The van der Waals surface area contributed by atoms with Crippen molar-refractivity contribution in [2.75, 3.05) is 24.8 Å². The van der Waals surface area contributed by atoms with Gasteiger partial charge in [-0.1, -0.05) is 12.1 Å². The fraction of sp³-hybridized carbons (Fsp3) is 0.350. The van der Waals surface area contributed by atoms with E-state index >= 15 is 0 Å². The highest BCUT2D eigenvalue weighted by atomic mass is 32.2. The Morgan fingerprint density at radius 3 is 2.61 bits per heavy atom. The Labute approximate surface area is 171 Å². The number of nitrogens with one attached hydrogen (secondary N) is 1. The molecule has 1 amide bonds. The van der Waals surface area contributed by atoms with Crippen molar-refractivity contribution >= 4 is 45.9 Å². The van der Waals surface area contributed by atoms with Crippen LogP contribution in [0.25, 0.3) is 0 Å². The van der Waals surface area contributed by atoms with Gasteiger partial charge in [0.1, 0.15) is 5.00 Å². The predicted molar refractivity (Wildman–Crippen MR) is 109 cm³/mol. The van der Waals surface area contributed by atoms with Gasteiger partial charge in [0, 0.05) is 4.90 Å². The molecule has 0 bridgehead atoms. The second-order valence-corrected chi connectivity index (χ2v) is 7.94. The maximum absolute atomic E-state index is 12.3.